The van der Waals surface area contributed by atoms with E-state index < -0.39 is 0 Å². The van der Waals surface area contributed by atoms with Crippen LogP contribution in [0.1, 0.15) is 29.1 Å². The number of primary amides is 1. The second kappa shape index (κ2) is 7.74. The molecule has 1 aromatic heterocycles. The van der Waals surface area contributed by atoms with Gasteiger partial charge in [-0.2, -0.15) is 0 Å². The summed E-state index contributed by atoms with van der Waals surface area (Å²) in [5.41, 5.74) is 7.06. The van der Waals surface area contributed by atoms with Gasteiger partial charge in [0.25, 0.3) is 0 Å². The van der Waals surface area contributed by atoms with Crippen LogP contribution >= 0.6 is 11.3 Å². The Hall–Kier alpha value is -2.28. The molecule has 0 bridgehead atoms. The lowest BCUT2D eigenvalue weighted by Gasteiger charge is -2.30. The molecule has 2 aromatic rings. The molecular formula is C18H20FN3O2S. The number of aromatic nitrogens is 1. The predicted octanol–water partition coefficient (Wildman–Crippen LogP) is 2.14. The molecule has 132 valence electrons. The maximum Gasteiger partial charge on any atom is 0.228 e. The fourth-order valence-electron chi connectivity index (χ4n) is 2.97. The summed E-state index contributed by atoms with van der Waals surface area (Å²) >= 11 is 1.50. The third kappa shape index (κ3) is 4.63. The van der Waals surface area contributed by atoms with Crippen molar-refractivity contribution in [2.45, 2.75) is 25.7 Å². The highest BCUT2D eigenvalue weighted by Gasteiger charge is 2.26. The summed E-state index contributed by atoms with van der Waals surface area (Å²) in [6.07, 6.45) is 2.16. The Labute approximate surface area is 149 Å². The van der Waals surface area contributed by atoms with E-state index in [0.717, 1.165) is 16.3 Å². The van der Waals surface area contributed by atoms with Gasteiger partial charge in [0.1, 0.15) is 5.82 Å². The first-order chi connectivity index (χ1) is 12.0. The van der Waals surface area contributed by atoms with Crippen LogP contribution in [0.2, 0.25) is 0 Å². The number of carbonyl (C=O) groups excluding carboxylic acids is 2. The van der Waals surface area contributed by atoms with Crippen LogP contribution in [0, 0.1) is 11.7 Å². The maximum absolute atomic E-state index is 12.9. The monoisotopic (exact) mass is 361 g/mol. The minimum Gasteiger partial charge on any atom is -0.369 e. The minimum absolute atomic E-state index is 0.0292. The smallest absolute Gasteiger partial charge is 0.228 e. The lowest BCUT2D eigenvalue weighted by atomic mass is 9.96. The molecule has 2 heterocycles. The number of hydrogen-bond donors (Lipinski definition) is 1. The van der Waals surface area contributed by atoms with Crippen molar-refractivity contribution in [1.82, 2.24) is 9.88 Å². The highest BCUT2D eigenvalue weighted by Crippen LogP contribution is 2.19. The number of amides is 2. The highest BCUT2D eigenvalue weighted by atomic mass is 32.1. The average molecular weight is 361 g/mol. The van der Waals surface area contributed by atoms with Crippen molar-refractivity contribution >= 4 is 23.2 Å². The number of rotatable bonds is 5. The number of hydrogen-bond acceptors (Lipinski definition) is 4. The Balaban J connectivity index is 1.53. The lowest BCUT2D eigenvalue weighted by molar-refractivity contribution is -0.134. The summed E-state index contributed by atoms with van der Waals surface area (Å²) in [6, 6.07) is 6.35. The third-order valence-electron chi connectivity index (χ3n) is 4.45. The summed E-state index contributed by atoms with van der Waals surface area (Å²) in [5, 5.41) is 2.80. The fraction of sp³-hybridized carbons (Fsp3) is 0.389. The molecule has 0 atom stereocenters. The second-order valence-corrected chi connectivity index (χ2v) is 7.21. The Morgan fingerprint density at radius 2 is 1.92 bits per heavy atom. The molecule has 0 radical (unpaired) electrons. The molecular weight excluding hydrogens is 341 g/mol. The van der Waals surface area contributed by atoms with Crippen molar-refractivity contribution < 1.29 is 14.0 Å². The van der Waals surface area contributed by atoms with E-state index in [9.17, 15) is 14.0 Å². The van der Waals surface area contributed by atoms with Crippen molar-refractivity contribution in [3.8, 4) is 0 Å². The number of likely N-dealkylation sites (tertiary alicyclic amines) is 1. The molecule has 0 aliphatic carbocycles. The molecule has 0 unspecified atom stereocenters. The first kappa shape index (κ1) is 17.5. The zero-order valence-corrected chi connectivity index (χ0v) is 14.6. The molecule has 0 saturated carbocycles. The van der Waals surface area contributed by atoms with Crippen LogP contribution in [-0.4, -0.2) is 34.8 Å². The Kier molecular flexibility index (Phi) is 5.43. The summed E-state index contributed by atoms with van der Waals surface area (Å²) < 4.78 is 12.9. The summed E-state index contributed by atoms with van der Waals surface area (Å²) in [5.74, 6) is -0.626. The van der Waals surface area contributed by atoms with Crippen LogP contribution in [0.15, 0.2) is 29.6 Å². The predicted molar refractivity (Wildman–Crippen MR) is 93.5 cm³/mol. The summed E-state index contributed by atoms with van der Waals surface area (Å²) in [6.45, 7) is 1.14. The van der Waals surface area contributed by atoms with Gasteiger partial charge >= 0.3 is 0 Å². The van der Waals surface area contributed by atoms with Gasteiger partial charge in [0.2, 0.25) is 11.8 Å². The van der Waals surface area contributed by atoms with Crippen LogP contribution in [-0.2, 0) is 22.4 Å². The Bertz CT molecular complexity index is 752. The third-order valence-corrected chi connectivity index (χ3v) is 5.35. The molecule has 5 nitrogen and oxygen atoms in total. The minimum atomic E-state index is -0.281. The van der Waals surface area contributed by atoms with Crippen LogP contribution in [0.25, 0.3) is 0 Å². The maximum atomic E-state index is 12.9. The van der Waals surface area contributed by atoms with Crippen LogP contribution < -0.4 is 5.73 Å². The van der Waals surface area contributed by atoms with Gasteiger partial charge in [0.15, 0.2) is 0 Å². The van der Waals surface area contributed by atoms with E-state index in [1.807, 2.05) is 5.38 Å². The quantitative estimate of drug-likeness (QED) is 0.886. The Morgan fingerprint density at radius 1 is 1.24 bits per heavy atom. The molecule has 1 saturated heterocycles. The SMILES string of the molecule is NC(=O)C1CCN(C(=O)Cc2csc(Cc3ccc(F)cc3)n2)CC1. The van der Waals surface area contributed by atoms with E-state index >= 15 is 0 Å². The molecule has 0 spiro atoms. The van der Waals surface area contributed by atoms with E-state index in [2.05, 4.69) is 4.98 Å². The van der Waals surface area contributed by atoms with Gasteiger partial charge in [-0.15, -0.1) is 11.3 Å². The standard InChI is InChI=1S/C18H20FN3O2S/c19-14-3-1-12(2-4-14)9-16-21-15(11-25-16)10-17(23)22-7-5-13(6-8-22)18(20)24/h1-4,11,13H,5-10H2,(H2,20,24). The molecule has 2 N–H and O–H groups in total. The second-order valence-electron chi connectivity index (χ2n) is 6.27. The Morgan fingerprint density at radius 3 is 2.56 bits per heavy atom. The van der Waals surface area contributed by atoms with E-state index in [4.69, 9.17) is 5.73 Å². The topological polar surface area (TPSA) is 76.3 Å². The normalized spacial score (nSPS) is 15.3. The first-order valence-electron chi connectivity index (χ1n) is 8.26. The number of halogens is 1. The van der Waals surface area contributed by atoms with Gasteiger partial charge in [-0.3, -0.25) is 9.59 Å². The zero-order valence-electron chi connectivity index (χ0n) is 13.8. The van der Waals surface area contributed by atoms with Crippen molar-refractivity contribution in [3.05, 3.63) is 51.7 Å². The molecule has 1 aromatic carbocycles. The van der Waals surface area contributed by atoms with E-state index in [-0.39, 0.29) is 30.0 Å². The van der Waals surface area contributed by atoms with Crippen molar-refractivity contribution in [3.63, 3.8) is 0 Å². The molecule has 1 aliphatic rings. The average Bonchev–Trinajstić information content (AvgIpc) is 3.04. The van der Waals surface area contributed by atoms with E-state index in [1.165, 1.54) is 23.5 Å². The number of nitrogens with zero attached hydrogens (tertiary/aromatic N) is 2. The van der Waals surface area contributed by atoms with Crippen LogP contribution in [0.5, 0.6) is 0 Å². The summed E-state index contributed by atoms with van der Waals surface area (Å²) in [4.78, 5) is 29.8. The zero-order chi connectivity index (χ0) is 17.8. The lowest BCUT2D eigenvalue weighted by Crippen LogP contribution is -2.42. The number of nitrogens with two attached hydrogens (primary N) is 1. The number of thiazole rings is 1. The molecule has 2 amide bonds. The molecule has 1 fully saturated rings. The van der Waals surface area contributed by atoms with Crippen molar-refractivity contribution in [2.75, 3.05) is 13.1 Å². The fourth-order valence-corrected chi connectivity index (χ4v) is 3.80. The van der Waals surface area contributed by atoms with Gasteiger partial charge in [-0.05, 0) is 30.5 Å². The molecule has 1 aliphatic heterocycles. The van der Waals surface area contributed by atoms with Crippen molar-refractivity contribution in [1.29, 1.82) is 0 Å². The van der Waals surface area contributed by atoms with E-state index in [1.54, 1.807) is 17.0 Å². The van der Waals surface area contributed by atoms with Gasteiger partial charge in [0.05, 0.1) is 17.1 Å². The van der Waals surface area contributed by atoms with Crippen LogP contribution in [0.3, 0.4) is 0 Å². The van der Waals surface area contributed by atoms with Gasteiger partial charge in [0, 0.05) is 30.8 Å². The number of carbonyl (C=O) groups is 2. The molecule has 7 heteroatoms. The molecule has 3 rings (SSSR count). The van der Waals surface area contributed by atoms with Gasteiger partial charge < -0.3 is 10.6 Å². The first-order valence-corrected chi connectivity index (χ1v) is 9.14. The number of benzene rings is 1. The van der Waals surface area contributed by atoms with Crippen molar-refractivity contribution in [2.24, 2.45) is 11.7 Å². The largest absolute Gasteiger partial charge is 0.369 e. The molecule has 25 heavy (non-hydrogen) atoms. The van der Waals surface area contributed by atoms with Crippen LogP contribution in [0.4, 0.5) is 4.39 Å². The van der Waals surface area contributed by atoms with Gasteiger partial charge in [-0.25, -0.2) is 9.37 Å². The highest BCUT2D eigenvalue weighted by molar-refractivity contribution is 7.09. The number of piperidine rings is 1. The summed E-state index contributed by atoms with van der Waals surface area (Å²) in [7, 11) is 0. The van der Waals surface area contributed by atoms with Gasteiger partial charge in [-0.1, -0.05) is 12.1 Å². The van der Waals surface area contributed by atoms with E-state index in [0.29, 0.717) is 32.4 Å².